The van der Waals surface area contributed by atoms with Gasteiger partial charge in [-0.05, 0) is 56.1 Å². The second kappa shape index (κ2) is 9.13. The number of carboxylic acids is 1. The Morgan fingerprint density at radius 2 is 2.10 bits per heavy atom. The van der Waals surface area contributed by atoms with Crippen molar-refractivity contribution in [3.05, 3.63) is 71.6 Å². The van der Waals surface area contributed by atoms with E-state index in [0.717, 1.165) is 35.5 Å². The second-order valence-corrected chi connectivity index (χ2v) is 7.72. The molecule has 2 heterocycles. The molecule has 0 radical (unpaired) electrons. The molecule has 0 spiro atoms. The van der Waals surface area contributed by atoms with E-state index in [-0.39, 0.29) is 6.04 Å². The topological polar surface area (TPSA) is 75.8 Å². The number of hydrogen-bond donors (Lipinski definition) is 1. The average Bonchev–Trinajstić information content (AvgIpc) is 3.39. The molecule has 2 aromatic carbocycles. The summed E-state index contributed by atoms with van der Waals surface area (Å²) in [5.74, 6) is 0.656. The number of carboxylic acid groups (broad SMARTS) is 1. The lowest BCUT2D eigenvalue weighted by atomic mass is 10.1. The van der Waals surface area contributed by atoms with Crippen LogP contribution in [0.1, 0.15) is 29.7 Å². The number of aliphatic carboxylic acids is 1. The van der Waals surface area contributed by atoms with E-state index in [1.165, 1.54) is 5.56 Å². The van der Waals surface area contributed by atoms with E-state index in [1.807, 2.05) is 60.4 Å². The minimum atomic E-state index is -0.738. The monoisotopic (exact) mass is 406 g/mol. The van der Waals surface area contributed by atoms with Crippen LogP contribution in [0, 0.1) is 6.92 Å². The Morgan fingerprint density at radius 3 is 2.90 bits per heavy atom. The van der Waals surface area contributed by atoms with Gasteiger partial charge in [-0.15, -0.1) is 0 Å². The minimum Gasteiger partial charge on any atom is -0.493 e. The highest BCUT2D eigenvalue weighted by Crippen LogP contribution is 2.23. The van der Waals surface area contributed by atoms with Gasteiger partial charge in [0.25, 0.3) is 0 Å². The number of aromatic nitrogens is 1. The first-order chi connectivity index (χ1) is 14.6. The van der Waals surface area contributed by atoms with Gasteiger partial charge in [0.05, 0.1) is 12.3 Å². The van der Waals surface area contributed by atoms with Crippen LogP contribution >= 0.6 is 0 Å². The van der Waals surface area contributed by atoms with Gasteiger partial charge in [0.2, 0.25) is 5.89 Å². The molecule has 1 saturated heterocycles. The highest BCUT2D eigenvalue weighted by Gasteiger charge is 2.30. The summed E-state index contributed by atoms with van der Waals surface area (Å²) in [6.45, 7) is 3.98. The highest BCUT2D eigenvalue weighted by atomic mass is 16.5. The quantitative estimate of drug-likeness (QED) is 0.600. The SMILES string of the molecule is Cc1ccc(-c2nc(CCOc3cccc(CN4CCC[C@@H]4C(=O)O)c3)co2)cc1. The summed E-state index contributed by atoms with van der Waals surface area (Å²) < 4.78 is 11.5. The zero-order valence-electron chi connectivity index (χ0n) is 17.1. The van der Waals surface area contributed by atoms with Crippen molar-refractivity contribution in [3.8, 4) is 17.2 Å². The van der Waals surface area contributed by atoms with E-state index in [4.69, 9.17) is 9.15 Å². The Morgan fingerprint density at radius 1 is 1.27 bits per heavy atom. The third kappa shape index (κ3) is 4.89. The van der Waals surface area contributed by atoms with Gasteiger partial charge in [-0.25, -0.2) is 4.98 Å². The van der Waals surface area contributed by atoms with E-state index in [0.29, 0.717) is 31.9 Å². The summed E-state index contributed by atoms with van der Waals surface area (Å²) in [5, 5.41) is 9.35. The van der Waals surface area contributed by atoms with E-state index >= 15 is 0 Å². The average molecular weight is 406 g/mol. The van der Waals surface area contributed by atoms with E-state index in [2.05, 4.69) is 4.98 Å². The van der Waals surface area contributed by atoms with Gasteiger partial charge in [-0.3, -0.25) is 9.69 Å². The molecule has 1 aliphatic rings. The van der Waals surface area contributed by atoms with Gasteiger partial charge in [0.15, 0.2) is 0 Å². The lowest BCUT2D eigenvalue weighted by Crippen LogP contribution is -2.35. The number of carbonyl (C=O) groups is 1. The largest absolute Gasteiger partial charge is 0.493 e. The van der Waals surface area contributed by atoms with Crippen LogP contribution in [0.2, 0.25) is 0 Å². The van der Waals surface area contributed by atoms with Crippen molar-refractivity contribution in [2.45, 2.75) is 38.8 Å². The molecular formula is C24H26N2O4. The minimum absolute atomic E-state index is 0.385. The van der Waals surface area contributed by atoms with E-state index in [9.17, 15) is 9.90 Å². The maximum Gasteiger partial charge on any atom is 0.320 e. The number of hydrogen-bond acceptors (Lipinski definition) is 5. The molecule has 1 N–H and O–H groups in total. The van der Waals surface area contributed by atoms with E-state index in [1.54, 1.807) is 6.26 Å². The Hall–Kier alpha value is -3.12. The second-order valence-electron chi connectivity index (χ2n) is 7.72. The molecule has 30 heavy (non-hydrogen) atoms. The number of nitrogens with zero attached hydrogens (tertiary/aromatic N) is 2. The van der Waals surface area contributed by atoms with Crippen molar-refractivity contribution < 1.29 is 19.1 Å². The van der Waals surface area contributed by atoms with Gasteiger partial charge in [0, 0.05) is 18.5 Å². The maximum absolute atomic E-state index is 11.4. The fourth-order valence-corrected chi connectivity index (χ4v) is 3.79. The van der Waals surface area contributed by atoms with Gasteiger partial charge in [-0.1, -0.05) is 29.8 Å². The van der Waals surface area contributed by atoms with Gasteiger partial charge >= 0.3 is 5.97 Å². The van der Waals surface area contributed by atoms with Crippen LogP contribution in [-0.2, 0) is 17.8 Å². The number of rotatable bonds is 8. The number of benzene rings is 2. The Kier molecular flexibility index (Phi) is 6.14. The summed E-state index contributed by atoms with van der Waals surface area (Å²) >= 11 is 0. The highest BCUT2D eigenvalue weighted by molar-refractivity contribution is 5.73. The molecule has 0 unspecified atom stereocenters. The lowest BCUT2D eigenvalue weighted by Gasteiger charge is -2.21. The molecule has 156 valence electrons. The van der Waals surface area contributed by atoms with Crippen LogP contribution in [0.3, 0.4) is 0 Å². The molecular weight excluding hydrogens is 380 g/mol. The van der Waals surface area contributed by atoms with Crippen LogP contribution in [0.5, 0.6) is 5.75 Å². The van der Waals surface area contributed by atoms with Gasteiger partial charge < -0.3 is 14.3 Å². The molecule has 6 heteroatoms. The smallest absolute Gasteiger partial charge is 0.320 e. The fourth-order valence-electron chi connectivity index (χ4n) is 3.79. The van der Waals surface area contributed by atoms with Crippen molar-refractivity contribution in [1.82, 2.24) is 9.88 Å². The number of ether oxygens (including phenoxy) is 1. The van der Waals surface area contributed by atoms with Gasteiger partial charge in [-0.2, -0.15) is 0 Å². The van der Waals surface area contributed by atoms with Crippen molar-refractivity contribution >= 4 is 5.97 Å². The van der Waals surface area contributed by atoms with Crippen LogP contribution in [0.25, 0.3) is 11.5 Å². The molecule has 0 aliphatic carbocycles. The van der Waals surface area contributed by atoms with Crippen molar-refractivity contribution in [2.24, 2.45) is 0 Å². The predicted molar refractivity (Wildman–Crippen MR) is 113 cm³/mol. The molecule has 6 nitrogen and oxygen atoms in total. The van der Waals surface area contributed by atoms with Crippen LogP contribution in [0.15, 0.2) is 59.2 Å². The maximum atomic E-state index is 11.4. The molecule has 1 atom stereocenters. The number of oxazole rings is 1. The molecule has 0 saturated carbocycles. The summed E-state index contributed by atoms with van der Waals surface area (Å²) in [5.41, 5.74) is 4.07. The Bertz CT molecular complexity index is 996. The molecule has 1 fully saturated rings. The first-order valence-electron chi connectivity index (χ1n) is 10.3. The first kappa shape index (κ1) is 20.2. The van der Waals surface area contributed by atoms with Crippen molar-refractivity contribution in [3.63, 3.8) is 0 Å². The van der Waals surface area contributed by atoms with Crippen LogP contribution in [-0.4, -0.2) is 40.2 Å². The molecule has 4 rings (SSSR count). The van der Waals surface area contributed by atoms with Gasteiger partial charge in [0.1, 0.15) is 18.1 Å². The Balaban J connectivity index is 1.31. The van der Waals surface area contributed by atoms with E-state index < -0.39 is 5.97 Å². The molecule has 0 amide bonds. The standard InChI is InChI=1S/C24H26N2O4/c1-17-7-9-19(10-8-17)23-25-20(16-30-23)11-13-29-21-5-2-4-18(14-21)15-26-12-3-6-22(26)24(27)28/h2,4-5,7-10,14,16,22H,3,6,11-13,15H2,1H3,(H,27,28)/t22-/m1/s1. The zero-order valence-corrected chi connectivity index (χ0v) is 17.1. The summed E-state index contributed by atoms with van der Waals surface area (Å²) in [4.78, 5) is 17.9. The number of aryl methyl sites for hydroxylation is 1. The lowest BCUT2D eigenvalue weighted by molar-refractivity contribution is -0.142. The number of likely N-dealkylation sites (tertiary alicyclic amines) is 1. The van der Waals surface area contributed by atoms with Crippen molar-refractivity contribution in [2.75, 3.05) is 13.2 Å². The molecule has 1 aromatic heterocycles. The fraction of sp³-hybridized carbons (Fsp3) is 0.333. The van der Waals surface area contributed by atoms with Crippen molar-refractivity contribution in [1.29, 1.82) is 0 Å². The zero-order chi connectivity index (χ0) is 20.9. The molecule has 3 aromatic rings. The third-order valence-electron chi connectivity index (χ3n) is 5.41. The third-order valence-corrected chi connectivity index (χ3v) is 5.41. The summed E-state index contributed by atoms with van der Waals surface area (Å²) in [6.07, 6.45) is 3.96. The molecule has 0 bridgehead atoms. The van der Waals surface area contributed by atoms with Crippen LogP contribution in [0.4, 0.5) is 0 Å². The first-order valence-corrected chi connectivity index (χ1v) is 10.3. The predicted octanol–water partition coefficient (Wildman–Crippen LogP) is 4.32. The normalized spacial score (nSPS) is 16.6. The molecule has 1 aliphatic heterocycles. The Labute approximate surface area is 176 Å². The summed E-state index contributed by atoms with van der Waals surface area (Å²) in [7, 11) is 0. The van der Waals surface area contributed by atoms with Crippen LogP contribution < -0.4 is 4.74 Å². The summed E-state index contributed by atoms with van der Waals surface area (Å²) in [6, 6.07) is 15.6.